The molecule has 5 heteroatoms. The third kappa shape index (κ3) is 5.43. The first-order valence-corrected chi connectivity index (χ1v) is 8.05. The molecule has 0 fully saturated rings. The zero-order chi connectivity index (χ0) is 17.2. The van der Waals surface area contributed by atoms with Gasteiger partial charge in [-0.1, -0.05) is 49.4 Å². The van der Waals surface area contributed by atoms with Crippen LogP contribution >= 0.6 is 0 Å². The molecule has 126 valence electrons. The molecule has 0 spiro atoms. The Hall–Kier alpha value is -2.82. The van der Waals surface area contributed by atoms with Crippen LogP contribution in [-0.2, 0) is 11.2 Å². The van der Waals surface area contributed by atoms with Gasteiger partial charge in [-0.25, -0.2) is 0 Å². The third-order valence-corrected chi connectivity index (χ3v) is 3.42. The first-order valence-electron chi connectivity index (χ1n) is 8.05. The van der Waals surface area contributed by atoms with E-state index in [9.17, 15) is 9.59 Å². The highest BCUT2D eigenvalue weighted by Gasteiger charge is 2.12. The number of carbonyl (C=O) groups is 2. The van der Waals surface area contributed by atoms with Crippen molar-refractivity contribution in [3.8, 4) is 5.75 Å². The van der Waals surface area contributed by atoms with Crippen LogP contribution in [0.25, 0.3) is 0 Å². The maximum absolute atomic E-state index is 12.2. The first-order chi connectivity index (χ1) is 11.7. The van der Waals surface area contributed by atoms with E-state index in [1.54, 1.807) is 18.2 Å². The van der Waals surface area contributed by atoms with Crippen molar-refractivity contribution in [3.05, 3.63) is 65.7 Å². The van der Waals surface area contributed by atoms with Gasteiger partial charge in [0.2, 0.25) is 5.91 Å². The zero-order valence-electron chi connectivity index (χ0n) is 13.7. The highest BCUT2D eigenvalue weighted by Crippen LogP contribution is 2.18. The molecule has 0 heterocycles. The summed E-state index contributed by atoms with van der Waals surface area (Å²) in [6.45, 7) is 2.37. The molecule has 0 atom stereocenters. The van der Waals surface area contributed by atoms with E-state index in [1.165, 1.54) is 5.56 Å². The van der Waals surface area contributed by atoms with Crippen LogP contribution in [0.2, 0.25) is 0 Å². The molecular formula is C19H22N2O3. The fraction of sp³-hybridized carbons (Fsp3) is 0.263. The molecule has 2 rings (SSSR count). The molecule has 0 aliphatic rings. The first kappa shape index (κ1) is 17.5. The lowest BCUT2D eigenvalue weighted by Gasteiger charge is -2.12. The summed E-state index contributed by atoms with van der Waals surface area (Å²) in [5, 5.41) is 0. The minimum atomic E-state index is -0.394. The Kier molecular flexibility index (Phi) is 6.83. The summed E-state index contributed by atoms with van der Waals surface area (Å²) in [5.74, 6) is -0.112. The fourth-order valence-corrected chi connectivity index (χ4v) is 2.19. The average Bonchev–Trinajstić information content (AvgIpc) is 2.61. The number of hydrogen-bond acceptors (Lipinski definition) is 3. The third-order valence-electron chi connectivity index (χ3n) is 3.42. The van der Waals surface area contributed by atoms with E-state index in [0.717, 1.165) is 12.8 Å². The van der Waals surface area contributed by atoms with Crippen LogP contribution in [0, 0.1) is 0 Å². The lowest BCUT2D eigenvalue weighted by atomic mass is 10.1. The summed E-state index contributed by atoms with van der Waals surface area (Å²) in [6.07, 6.45) is 1.85. The van der Waals surface area contributed by atoms with Gasteiger partial charge in [-0.2, -0.15) is 0 Å². The number of ether oxygens (including phenoxy) is 1. The molecule has 0 aliphatic heterocycles. The van der Waals surface area contributed by atoms with Gasteiger partial charge in [0.05, 0.1) is 12.2 Å². The van der Waals surface area contributed by atoms with Gasteiger partial charge in [-0.15, -0.1) is 0 Å². The van der Waals surface area contributed by atoms with Gasteiger partial charge in [0.25, 0.3) is 5.91 Å². The van der Waals surface area contributed by atoms with Crippen molar-refractivity contribution in [2.75, 3.05) is 6.61 Å². The van der Waals surface area contributed by atoms with Crippen LogP contribution < -0.4 is 15.6 Å². The molecular weight excluding hydrogens is 304 g/mol. The summed E-state index contributed by atoms with van der Waals surface area (Å²) < 4.78 is 5.74. The van der Waals surface area contributed by atoms with Gasteiger partial charge < -0.3 is 4.74 Å². The molecule has 2 aromatic rings. The minimum Gasteiger partial charge on any atom is -0.492 e. The molecule has 0 radical (unpaired) electrons. The predicted octanol–water partition coefficient (Wildman–Crippen LogP) is 2.87. The topological polar surface area (TPSA) is 67.4 Å². The van der Waals surface area contributed by atoms with Crippen molar-refractivity contribution < 1.29 is 14.3 Å². The maximum atomic E-state index is 12.2. The van der Waals surface area contributed by atoms with Gasteiger partial charge >= 0.3 is 0 Å². The monoisotopic (exact) mass is 326 g/mol. The van der Waals surface area contributed by atoms with Crippen molar-refractivity contribution in [2.24, 2.45) is 0 Å². The van der Waals surface area contributed by atoms with Crippen LogP contribution in [0.1, 0.15) is 35.7 Å². The van der Waals surface area contributed by atoms with Crippen molar-refractivity contribution in [1.82, 2.24) is 10.9 Å². The minimum absolute atomic E-state index is 0.215. The molecule has 0 bridgehead atoms. The van der Waals surface area contributed by atoms with Crippen molar-refractivity contribution >= 4 is 11.8 Å². The second-order valence-electron chi connectivity index (χ2n) is 5.33. The van der Waals surface area contributed by atoms with E-state index in [4.69, 9.17) is 4.74 Å². The van der Waals surface area contributed by atoms with E-state index < -0.39 is 5.91 Å². The Balaban J connectivity index is 1.91. The normalized spacial score (nSPS) is 10.0. The number of hydrazine groups is 1. The Morgan fingerprint density at radius 3 is 2.42 bits per heavy atom. The Morgan fingerprint density at radius 1 is 0.958 bits per heavy atom. The smallest absolute Gasteiger partial charge is 0.273 e. The van der Waals surface area contributed by atoms with Crippen molar-refractivity contribution in [1.29, 1.82) is 0 Å². The van der Waals surface area contributed by atoms with Gasteiger partial charge in [0.15, 0.2) is 0 Å². The lowest BCUT2D eigenvalue weighted by Crippen LogP contribution is -2.41. The number of amides is 2. The Bertz CT molecular complexity index is 671. The van der Waals surface area contributed by atoms with Crippen molar-refractivity contribution in [3.63, 3.8) is 0 Å². The van der Waals surface area contributed by atoms with Crippen LogP contribution in [-0.4, -0.2) is 18.4 Å². The zero-order valence-corrected chi connectivity index (χ0v) is 13.7. The second kappa shape index (κ2) is 9.35. The highest BCUT2D eigenvalue weighted by atomic mass is 16.5. The molecule has 5 nitrogen and oxygen atoms in total. The molecule has 0 aliphatic carbocycles. The summed E-state index contributed by atoms with van der Waals surface area (Å²) in [4.78, 5) is 23.6. The summed E-state index contributed by atoms with van der Waals surface area (Å²) in [5.41, 5.74) is 6.37. The number of hydrogen-bond donors (Lipinski definition) is 2. The predicted molar refractivity (Wildman–Crippen MR) is 92.6 cm³/mol. The molecule has 24 heavy (non-hydrogen) atoms. The number of carbonyl (C=O) groups excluding carboxylic acids is 2. The number of para-hydroxylation sites is 1. The van der Waals surface area contributed by atoms with Gasteiger partial charge in [-0.3, -0.25) is 20.4 Å². The largest absolute Gasteiger partial charge is 0.492 e. The summed E-state index contributed by atoms with van der Waals surface area (Å²) in [6, 6.07) is 17.0. The van der Waals surface area contributed by atoms with E-state index in [1.807, 2.05) is 43.3 Å². The van der Waals surface area contributed by atoms with Crippen molar-refractivity contribution in [2.45, 2.75) is 26.2 Å². The Morgan fingerprint density at radius 2 is 1.67 bits per heavy atom. The number of nitrogens with one attached hydrogen (secondary N) is 2. The molecule has 0 unspecified atom stereocenters. The summed E-state index contributed by atoms with van der Waals surface area (Å²) >= 11 is 0. The Labute approximate surface area is 142 Å². The van der Waals surface area contributed by atoms with Gasteiger partial charge in [0.1, 0.15) is 5.75 Å². The van der Waals surface area contributed by atoms with Gasteiger partial charge in [0, 0.05) is 12.8 Å². The quantitative estimate of drug-likeness (QED) is 0.769. The molecule has 0 aromatic heterocycles. The summed E-state index contributed by atoms with van der Waals surface area (Å²) in [7, 11) is 0. The van der Waals surface area contributed by atoms with Crippen LogP contribution in [0.3, 0.4) is 0 Å². The standard InChI is InChI=1S/C19H22N2O3/c1-2-8-18(22)20-21-19(23)16-11-6-7-12-17(16)24-14-13-15-9-4-3-5-10-15/h3-7,9-12H,2,8,13-14H2,1H3,(H,20,22)(H,21,23). The molecule has 2 aromatic carbocycles. The van der Waals surface area contributed by atoms with E-state index in [-0.39, 0.29) is 5.91 Å². The van der Waals surface area contributed by atoms with E-state index in [0.29, 0.717) is 24.3 Å². The van der Waals surface area contributed by atoms with Gasteiger partial charge in [-0.05, 0) is 24.1 Å². The lowest BCUT2D eigenvalue weighted by molar-refractivity contribution is -0.121. The molecule has 2 amide bonds. The van der Waals surface area contributed by atoms with E-state index >= 15 is 0 Å². The fourth-order valence-electron chi connectivity index (χ4n) is 2.19. The van der Waals surface area contributed by atoms with Crippen LogP contribution in [0.5, 0.6) is 5.75 Å². The number of rotatable bonds is 7. The maximum Gasteiger partial charge on any atom is 0.273 e. The van der Waals surface area contributed by atoms with E-state index in [2.05, 4.69) is 10.9 Å². The van der Waals surface area contributed by atoms with Crippen LogP contribution in [0.4, 0.5) is 0 Å². The molecule has 2 N–H and O–H groups in total. The highest BCUT2D eigenvalue weighted by molar-refractivity contribution is 5.97. The SMILES string of the molecule is CCCC(=O)NNC(=O)c1ccccc1OCCc1ccccc1. The number of benzene rings is 2. The van der Waals surface area contributed by atoms with Crippen LogP contribution in [0.15, 0.2) is 54.6 Å². The second-order valence-corrected chi connectivity index (χ2v) is 5.33. The molecule has 0 saturated heterocycles. The average molecular weight is 326 g/mol. The molecule has 0 saturated carbocycles.